The van der Waals surface area contributed by atoms with Crippen LogP contribution in [0.15, 0.2) is 30.5 Å². The molecule has 4 rings (SSSR count). The summed E-state index contributed by atoms with van der Waals surface area (Å²) in [7, 11) is 4.06. The Morgan fingerprint density at radius 1 is 0.960 bits per heavy atom. The van der Waals surface area contributed by atoms with E-state index >= 15 is 0 Å². The highest BCUT2D eigenvalue weighted by atomic mass is 15.4. The van der Waals surface area contributed by atoms with Gasteiger partial charge in [-0.25, -0.2) is 0 Å². The van der Waals surface area contributed by atoms with Gasteiger partial charge in [0.1, 0.15) is 5.82 Å². The van der Waals surface area contributed by atoms with Crippen molar-refractivity contribution in [2.75, 3.05) is 43.4 Å². The molecule has 130 valence electrons. The number of nitrogens with one attached hydrogen (secondary N) is 1. The van der Waals surface area contributed by atoms with E-state index in [0.29, 0.717) is 0 Å². The number of benzene rings is 1. The van der Waals surface area contributed by atoms with E-state index < -0.39 is 0 Å². The first-order chi connectivity index (χ1) is 12.1. The molecule has 25 heavy (non-hydrogen) atoms. The third-order valence-electron chi connectivity index (χ3n) is 4.68. The molecule has 2 aromatic heterocycles. The molecule has 7 heteroatoms. The number of fused-ring (bicyclic) bond motifs is 1. The second-order valence-corrected chi connectivity index (χ2v) is 6.66. The molecule has 1 saturated heterocycles. The van der Waals surface area contributed by atoms with Crippen molar-refractivity contribution in [2.24, 2.45) is 7.05 Å². The predicted octanol–water partition coefficient (Wildman–Crippen LogP) is 2.17. The van der Waals surface area contributed by atoms with Crippen LogP contribution in [0.3, 0.4) is 0 Å². The van der Waals surface area contributed by atoms with E-state index in [2.05, 4.69) is 58.5 Å². The van der Waals surface area contributed by atoms with Gasteiger partial charge in [0.25, 0.3) is 0 Å². The molecule has 0 amide bonds. The van der Waals surface area contributed by atoms with Crippen molar-refractivity contribution < 1.29 is 0 Å². The topological polar surface area (TPSA) is 62.1 Å². The molecule has 0 radical (unpaired) electrons. The summed E-state index contributed by atoms with van der Waals surface area (Å²) in [6, 6.07) is 8.31. The van der Waals surface area contributed by atoms with Crippen molar-refractivity contribution in [1.82, 2.24) is 24.6 Å². The second-order valence-electron chi connectivity index (χ2n) is 6.66. The van der Waals surface area contributed by atoms with E-state index in [9.17, 15) is 0 Å². The van der Waals surface area contributed by atoms with Gasteiger partial charge in [0.2, 0.25) is 5.95 Å². The van der Waals surface area contributed by atoms with E-state index in [0.717, 1.165) is 54.7 Å². The summed E-state index contributed by atoms with van der Waals surface area (Å²) in [5.41, 5.74) is 3.09. The molecule has 1 aromatic carbocycles. The fourth-order valence-corrected chi connectivity index (χ4v) is 3.03. The summed E-state index contributed by atoms with van der Waals surface area (Å²) in [4.78, 5) is 14.1. The van der Waals surface area contributed by atoms with Crippen LogP contribution in [0, 0.1) is 6.92 Å². The van der Waals surface area contributed by atoms with Gasteiger partial charge in [-0.05, 0) is 26.1 Å². The van der Waals surface area contributed by atoms with Gasteiger partial charge in [0, 0.05) is 38.9 Å². The maximum atomic E-state index is 4.81. The van der Waals surface area contributed by atoms with Crippen LogP contribution in [0.2, 0.25) is 0 Å². The molecule has 0 aliphatic carbocycles. The number of hydrogen-bond donors (Lipinski definition) is 1. The monoisotopic (exact) mass is 337 g/mol. The number of aromatic nitrogens is 4. The zero-order valence-electron chi connectivity index (χ0n) is 14.9. The lowest BCUT2D eigenvalue weighted by Gasteiger charge is -2.32. The fourth-order valence-electron chi connectivity index (χ4n) is 3.03. The molecular formula is C18H23N7. The van der Waals surface area contributed by atoms with Gasteiger partial charge in [0.15, 0.2) is 5.65 Å². The van der Waals surface area contributed by atoms with Crippen LogP contribution in [0.5, 0.6) is 0 Å². The maximum Gasteiger partial charge on any atom is 0.229 e. The molecule has 7 nitrogen and oxygen atoms in total. The van der Waals surface area contributed by atoms with Gasteiger partial charge in [0.05, 0.1) is 11.6 Å². The van der Waals surface area contributed by atoms with E-state index in [4.69, 9.17) is 9.97 Å². The Balaban J connectivity index is 1.72. The van der Waals surface area contributed by atoms with Crippen LogP contribution < -0.4 is 10.2 Å². The van der Waals surface area contributed by atoms with Crippen molar-refractivity contribution >= 4 is 28.5 Å². The SMILES string of the molecule is Cc1ccc(Nc2nc(N3CCN(C)CC3)nc3c2cnn3C)cc1. The standard InChI is InChI=1S/C18H23N7/c1-13-4-6-14(7-5-13)20-16-15-12-19-24(3)17(15)22-18(21-16)25-10-8-23(2)9-11-25/h4-7,12H,8-11H2,1-3H3,(H,20,21,22). The first-order valence-corrected chi connectivity index (χ1v) is 8.57. The highest BCUT2D eigenvalue weighted by Crippen LogP contribution is 2.26. The number of nitrogens with zero attached hydrogens (tertiary/aromatic N) is 6. The molecule has 0 atom stereocenters. The van der Waals surface area contributed by atoms with Gasteiger partial charge >= 0.3 is 0 Å². The molecule has 0 saturated carbocycles. The Labute approximate surface area is 147 Å². The molecule has 0 unspecified atom stereocenters. The van der Waals surface area contributed by atoms with Crippen molar-refractivity contribution in [3.8, 4) is 0 Å². The van der Waals surface area contributed by atoms with Gasteiger partial charge in [-0.1, -0.05) is 17.7 Å². The molecule has 1 fully saturated rings. The molecule has 1 aliphatic rings. The Morgan fingerprint density at radius 2 is 1.68 bits per heavy atom. The summed E-state index contributed by atoms with van der Waals surface area (Å²) in [5.74, 6) is 1.56. The first-order valence-electron chi connectivity index (χ1n) is 8.57. The van der Waals surface area contributed by atoms with E-state index in [1.807, 2.05) is 13.2 Å². The van der Waals surface area contributed by atoms with Gasteiger partial charge < -0.3 is 15.1 Å². The van der Waals surface area contributed by atoms with Crippen LogP contribution >= 0.6 is 0 Å². The van der Waals surface area contributed by atoms with Crippen LogP contribution in [0.1, 0.15) is 5.56 Å². The Hall–Kier alpha value is -2.67. The Morgan fingerprint density at radius 3 is 2.40 bits per heavy atom. The fraction of sp³-hybridized carbons (Fsp3) is 0.389. The lowest BCUT2D eigenvalue weighted by Crippen LogP contribution is -2.45. The zero-order valence-corrected chi connectivity index (χ0v) is 14.9. The number of piperazine rings is 1. The molecule has 0 bridgehead atoms. The number of rotatable bonds is 3. The molecular weight excluding hydrogens is 314 g/mol. The average molecular weight is 337 g/mol. The first kappa shape index (κ1) is 15.8. The minimum Gasteiger partial charge on any atom is -0.339 e. The highest BCUT2D eigenvalue weighted by molar-refractivity contribution is 5.89. The summed E-state index contributed by atoms with van der Waals surface area (Å²) in [6.45, 7) is 5.99. The predicted molar refractivity (Wildman–Crippen MR) is 100 cm³/mol. The zero-order chi connectivity index (χ0) is 17.4. The minimum atomic E-state index is 0.763. The smallest absolute Gasteiger partial charge is 0.229 e. The van der Waals surface area contributed by atoms with Crippen LogP contribution in [-0.2, 0) is 7.05 Å². The molecule has 3 heterocycles. The number of hydrogen-bond acceptors (Lipinski definition) is 6. The lowest BCUT2D eigenvalue weighted by atomic mass is 10.2. The van der Waals surface area contributed by atoms with Crippen molar-refractivity contribution in [3.05, 3.63) is 36.0 Å². The van der Waals surface area contributed by atoms with Gasteiger partial charge in [-0.3, -0.25) is 4.68 Å². The summed E-state index contributed by atoms with van der Waals surface area (Å²) >= 11 is 0. The van der Waals surface area contributed by atoms with Crippen molar-refractivity contribution in [1.29, 1.82) is 0 Å². The van der Waals surface area contributed by atoms with Crippen LogP contribution in [-0.4, -0.2) is 57.9 Å². The van der Waals surface area contributed by atoms with Crippen molar-refractivity contribution in [2.45, 2.75) is 6.92 Å². The van der Waals surface area contributed by atoms with E-state index in [-0.39, 0.29) is 0 Å². The normalized spacial score (nSPS) is 15.7. The summed E-state index contributed by atoms with van der Waals surface area (Å²) in [5, 5.41) is 8.72. The van der Waals surface area contributed by atoms with Crippen LogP contribution in [0.25, 0.3) is 11.0 Å². The van der Waals surface area contributed by atoms with E-state index in [1.165, 1.54) is 5.56 Å². The molecule has 0 spiro atoms. The van der Waals surface area contributed by atoms with Gasteiger partial charge in [-0.15, -0.1) is 0 Å². The minimum absolute atomic E-state index is 0.763. The third-order valence-corrected chi connectivity index (χ3v) is 4.68. The Bertz CT molecular complexity index is 876. The number of aryl methyl sites for hydroxylation is 2. The molecule has 1 N–H and O–H groups in total. The maximum absolute atomic E-state index is 4.81. The van der Waals surface area contributed by atoms with Crippen molar-refractivity contribution in [3.63, 3.8) is 0 Å². The third kappa shape index (κ3) is 3.15. The Kier molecular flexibility index (Phi) is 4.01. The average Bonchev–Trinajstić information content (AvgIpc) is 2.99. The number of anilines is 3. The summed E-state index contributed by atoms with van der Waals surface area (Å²) in [6.07, 6.45) is 1.82. The van der Waals surface area contributed by atoms with Gasteiger partial charge in [-0.2, -0.15) is 15.1 Å². The highest BCUT2D eigenvalue weighted by Gasteiger charge is 2.19. The van der Waals surface area contributed by atoms with E-state index in [1.54, 1.807) is 4.68 Å². The summed E-state index contributed by atoms with van der Waals surface area (Å²) < 4.78 is 1.80. The second kappa shape index (κ2) is 6.33. The quantitative estimate of drug-likeness (QED) is 0.790. The lowest BCUT2D eigenvalue weighted by molar-refractivity contribution is 0.311. The molecule has 1 aliphatic heterocycles. The largest absolute Gasteiger partial charge is 0.339 e. The number of likely N-dealkylation sites (N-methyl/N-ethyl adjacent to an activating group) is 1. The molecule has 3 aromatic rings. The van der Waals surface area contributed by atoms with Crippen LogP contribution in [0.4, 0.5) is 17.5 Å².